The van der Waals surface area contributed by atoms with Gasteiger partial charge in [-0.15, -0.1) is 11.3 Å². The number of hydrogen-bond donors (Lipinski definition) is 3. The highest BCUT2D eigenvalue weighted by atomic mass is 32.1. The number of nitrogens with zero attached hydrogens (tertiary/aromatic N) is 3. The third-order valence-corrected chi connectivity index (χ3v) is 8.19. The Morgan fingerprint density at radius 2 is 2.03 bits per heavy atom. The first kappa shape index (κ1) is 19.9. The molecule has 6 rings (SSSR count). The van der Waals surface area contributed by atoms with Crippen molar-refractivity contribution in [2.45, 2.75) is 57.2 Å². The summed E-state index contributed by atoms with van der Waals surface area (Å²) < 4.78 is 0. The van der Waals surface area contributed by atoms with Crippen molar-refractivity contribution in [2.24, 2.45) is 0 Å². The first-order chi connectivity index (χ1) is 15.5. The summed E-state index contributed by atoms with van der Waals surface area (Å²) in [6.45, 7) is 4.10. The lowest BCUT2D eigenvalue weighted by atomic mass is 9.87. The van der Waals surface area contributed by atoms with Crippen LogP contribution in [0.4, 0.5) is 11.4 Å². The van der Waals surface area contributed by atoms with Crippen LogP contribution in [0, 0.1) is 6.92 Å². The van der Waals surface area contributed by atoms with Crippen molar-refractivity contribution in [3.63, 3.8) is 0 Å². The molecule has 8 heteroatoms. The van der Waals surface area contributed by atoms with Gasteiger partial charge in [-0.3, -0.25) is 4.79 Å². The Morgan fingerprint density at radius 1 is 1.22 bits per heavy atom. The Balaban J connectivity index is 1.16. The van der Waals surface area contributed by atoms with Gasteiger partial charge < -0.3 is 21.3 Å². The number of aromatic nitrogens is 2. The summed E-state index contributed by atoms with van der Waals surface area (Å²) in [5.41, 5.74) is 12.2. The van der Waals surface area contributed by atoms with E-state index in [1.165, 1.54) is 41.0 Å². The molecule has 0 radical (unpaired) electrons. The second kappa shape index (κ2) is 7.71. The van der Waals surface area contributed by atoms with E-state index in [1.54, 1.807) is 6.20 Å². The molecule has 4 N–H and O–H groups in total. The number of nitrogen functional groups attached to an aromatic ring is 1. The fourth-order valence-corrected chi connectivity index (χ4v) is 6.46. The predicted octanol–water partition coefficient (Wildman–Crippen LogP) is 2.81. The number of amides is 1. The Labute approximate surface area is 191 Å². The maximum atomic E-state index is 13.0. The minimum atomic E-state index is -0.119. The van der Waals surface area contributed by atoms with Gasteiger partial charge in [-0.1, -0.05) is 6.07 Å². The molecule has 0 spiro atoms. The van der Waals surface area contributed by atoms with Crippen LogP contribution in [0.3, 0.4) is 0 Å². The summed E-state index contributed by atoms with van der Waals surface area (Å²) in [5, 5.41) is 6.91. The normalized spacial score (nSPS) is 24.5. The largest absolute Gasteiger partial charge is 0.396 e. The molecule has 2 aliphatic heterocycles. The lowest BCUT2D eigenvalue weighted by molar-refractivity contribution is 0.0938. The minimum absolute atomic E-state index is 0.114. The molecule has 4 heterocycles. The van der Waals surface area contributed by atoms with Crippen LogP contribution in [0.25, 0.3) is 10.3 Å². The van der Waals surface area contributed by atoms with Crippen molar-refractivity contribution in [2.75, 3.05) is 23.7 Å². The third-order valence-electron chi connectivity index (χ3n) is 7.10. The van der Waals surface area contributed by atoms with Crippen LogP contribution in [0.15, 0.2) is 24.4 Å². The van der Waals surface area contributed by atoms with Gasteiger partial charge in [0.05, 0.1) is 11.4 Å². The fourth-order valence-electron chi connectivity index (χ4n) is 5.46. The summed E-state index contributed by atoms with van der Waals surface area (Å²) in [6, 6.07) is 8.29. The van der Waals surface area contributed by atoms with E-state index in [0.29, 0.717) is 28.2 Å². The summed E-state index contributed by atoms with van der Waals surface area (Å²) in [5.74, 6) is -0.119. The van der Waals surface area contributed by atoms with Gasteiger partial charge in [0.25, 0.3) is 5.91 Å². The molecule has 3 aliphatic rings. The van der Waals surface area contributed by atoms with Gasteiger partial charge in [0, 0.05) is 43.1 Å². The molecule has 1 aliphatic carbocycles. The van der Waals surface area contributed by atoms with E-state index >= 15 is 0 Å². The fraction of sp³-hybridized carbons (Fsp3) is 0.458. The number of thiophene rings is 1. The van der Waals surface area contributed by atoms with Crippen molar-refractivity contribution in [1.29, 1.82) is 0 Å². The Kier molecular flexibility index (Phi) is 4.80. The smallest absolute Gasteiger partial charge is 0.263 e. The molecule has 7 nitrogen and oxygen atoms in total. The van der Waals surface area contributed by atoms with Crippen molar-refractivity contribution in [3.05, 3.63) is 46.1 Å². The van der Waals surface area contributed by atoms with E-state index in [1.807, 2.05) is 6.92 Å². The second-order valence-corrected chi connectivity index (χ2v) is 10.4. The van der Waals surface area contributed by atoms with E-state index in [0.717, 1.165) is 42.9 Å². The van der Waals surface area contributed by atoms with Crippen LogP contribution in [0.5, 0.6) is 0 Å². The zero-order valence-corrected chi connectivity index (χ0v) is 19.0. The molecule has 0 saturated carbocycles. The number of fused-ring (bicyclic) bond motifs is 4. The molecular weight excluding hydrogens is 420 g/mol. The first-order valence-corrected chi connectivity index (χ1v) is 12.3. The third kappa shape index (κ3) is 3.51. The van der Waals surface area contributed by atoms with Crippen LogP contribution < -0.4 is 21.3 Å². The van der Waals surface area contributed by atoms with Gasteiger partial charge in [-0.2, -0.15) is 0 Å². The molecule has 1 aromatic carbocycles. The maximum Gasteiger partial charge on any atom is 0.263 e. The van der Waals surface area contributed by atoms with E-state index in [-0.39, 0.29) is 11.9 Å². The molecule has 166 valence electrons. The van der Waals surface area contributed by atoms with Crippen molar-refractivity contribution in [3.8, 4) is 0 Å². The topological polar surface area (TPSA) is 96.2 Å². The summed E-state index contributed by atoms with van der Waals surface area (Å²) in [7, 11) is 0. The molecule has 3 aromatic rings. The van der Waals surface area contributed by atoms with E-state index in [4.69, 9.17) is 5.73 Å². The molecule has 2 unspecified atom stereocenters. The summed E-state index contributed by atoms with van der Waals surface area (Å²) >= 11 is 1.32. The zero-order chi connectivity index (χ0) is 21.8. The van der Waals surface area contributed by atoms with Gasteiger partial charge >= 0.3 is 0 Å². The van der Waals surface area contributed by atoms with Crippen LogP contribution >= 0.6 is 11.3 Å². The van der Waals surface area contributed by atoms with E-state index < -0.39 is 0 Å². The highest BCUT2D eigenvalue weighted by Gasteiger charge is 2.32. The van der Waals surface area contributed by atoms with Crippen LogP contribution in [-0.4, -0.2) is 47.1 Å². The SMILES string of the molecule is Cc1cnc2c(N)c(C(=O)N[C@H]3CCc4cc(N5CC6CCC(C5)N6)ccc4C3)sc2n1. The van der Waals surface area contributed by atoms with Gasteiger partial charge in [0.2, 0.25) is 0 Å². The molecule has 2 saturated heterocycles. The molecule has 2 fully saturated rings. The van der Waals surface area contributed by atoms with Gasteiger partial charge in [0.15, 0.2) is 0 Å². The number of nitrogens with one attached hydrogen (secondary N) is 2. The first-order valence-electron chi connectivity index (χ1n) is 11.5. The highest BCUT2D eigenvalue weighted by molar-refractivity contribution is 7.21. The monoisotopic (exact) mass is 448 g/mol. The number of carbonyl (C=O) groups is 1. The molecule has 2 aromatic heterocycles. The van der Waals surface area contributed by atoms with Crippen LogP contribution in [0.2, 0.25) is 0 Å². The number of piperazine rings is 1. The Morgan fingerprint density at radius 3 is 2.84 bits per heavy atom. The number of anilines is 2. The second-order valence-electron chi connectivity index (χ2n) is 9.42. The lowest BCUT2D eigenvalue weighted by Crippen LogP contribution is -2.51. The maximum absolute atomic E-state index is 13.0. The zero-order valence-electron chi connectivity index (χ0n) is 18.2. The molecule has 32 heavy (non-hydrogen) atoms. The molecular formula is C24H28N6OS. The number of aryl methyl sites for hydroxylation is 2. The molecule has 2 bridgehead atoms. The highest BCUT2D eigenvalue weighted by Crippen LogP contribution is 2.32. The van der Waals surface area contributed by atoms with Crippen molar-refractivity contribution in [1.82, 2.24) is 20.6 Å². The number of rotatable bonds is 3. The molecule has 3 atom stereocenters. The van der Waals surface area contributed by atoms with Gasteiger partial charge in [-0.25, -0.2) is 9.97 Å². The summed E-state index contributed by atoms with van der Waals surface area (Å²) in [6.07, 6.45) is 7.05. The Hall–Kier alpha value is -2.71. The van der Waals surface area contributed by atoms with Gasteiger partial charge in [-0.05, 0) is 62.3 Å². The number of nitrogens with two attached hydrogens (primary N) is 1. The standard InChI is InChI=1S/C24H28N6OS/c1-13-10-26-21-20(25)22(32-24(21)27-13)23(31)29-16-4-2-15-9-19(7-3-14(15)8-16)30-11-17-5-6-18(12-30)28-17/h3,7,9-10,16-18,28H,2,4-6,8,11-12,25H2,1H3,(H,29,31)/t16-,17?,18?/m0/s1. The number of benzene rings is 1. The van der Waals surface area contributed by atoms with Crippen LogP contribution in [0.1, 0.15) is 45.8 Å². The number of hydrogen-bond acceptors (Lipinski definition) is 7. The van der Waals surface area contributed by atoms with E-state index in [9.17, 15) is 4.79 Å². The van der Waals surface area contributed by atoms with E-state index in [2.05, 4.69) is 43.7 Å². The van der Waals surface area contributed by atoms with Crippen molar-refractivity contribution >= 4 is 39.0 Å². The van der Waals surface area contributed by atoms with Crippen molar-refractivity contribution < 1.29 is 4.79 Å². The predicted molar refractivity (Wildman–Crippen MR) is 128 cm³/mol. The van der Waals surface area contributed by atoms with Crippen LogP contribution in [-0.2, 0) is 12.8 Å². The molecule has 1 amide bonds. The average molecular weight is 449 g/mol. The summed E-state index contributed by atoms with van der Waals surface area (Å²) in [4.78, 5) is 25.6. The lowest BCUT2D eigenvalue weighted by Gasteiger charge is -2.35. The Bertz CT molecular complexity index is 1190. The average Bonchev–Trinajstić information content (AvgIpc) is 3.30. The number of carbonyl (C=O) groups excluding carboxylic acids is 1. The quantitative estimate of drug-likeness (QED) is 0.570. The van der Waals surface area contributed by atoms with Gasteiger partial charge in [0.1, 0.15) is 15.2 Å². The minimum Gasteiger partial charge on any atom is -0.396 e.